The summed E-state index contributed by atoms with van der Waals surface area (Å²) in [6.07, 6.45) is 1.63. The first-order valence-electron chi connectivity index (χ1n) is 8.48. The molecule has 1 N–H and O–H groups in total. The van der Waals surface area contributed by atoms with Crippen molar-refractivity contribution in [3.63, 3.8) is 0 Å². The molecule has 0 aliphatic carbocycles. The molecule has 0 saturated heterocycles. The van der Waals surface area contributed by atoms with Crippen molar-refractivity contribution in [3.8, 4) is 0 Å². The molecule has 1 aromatic carbocycles. The van der Waals surface area contributed by atoms with Crippen molar-refractivity contribution in [1.82, 2.24) is 0 Å². The van der Waals surface area contributed by atoms with E-state index in [1.54, 1.807) is 23.1 Å². The van der Waals surface area contributed by atoms with Crippen molar-refractivity contribution in [1.29, 1.82) is 0 Å². The largest absolute Gasteiger partial charge is 0.465 e. The standard InChI is InChI=1S/C18H20N2O6S2/c1-25-11-16(21)20-8-3-4-12-5-6-13(10-14(12)20)19-28(23,24)15-7-9-27-17(15)18(22)26-2/h5-7,9-10,19H,3-4,8,11H2,1-2H3. The van der Waals surface area contributed by atoms with Gasteiger partial charge in [0.1, 0.15) is 16.4 Å². The highest BCUT2D eigenvalue weighted by atomic mass is 32.2. The second-order valence-electron chi connectivity index (χ2n) is 6.14. The van der Waals surface area contributed by atoms with Gasteiger partial charge in [0.25, 0.3) is 15.9 Å². The first-order chi connectivity index (χ1) is 13.4. The number of methoxy groups -OCH3 is 2. The Morgan fingerprint density at radius 3 is 2.75 bits per heavy atom. The second-order valence-corrected chi connectivity index (χ2v) is 8.70. The third kappa shape index (κ3) is 4.03. The van der Waals surface area contributed by atoms with Crippen LogP contribution < -0.4 is 9.62 Å². The molecule has 0 atom stereocenters. The summed E-state index contributed by atoms with van der Waals surface area (Å²) in [7, 11) is -1.35. The predicted octanol–water partition coefficient (Wildman–Crippen LogP) is 2.26. The van der Waals surface area contributed by atoms with Gasteiger partial charge < -0.3 is 14.4 Å². The molecule has 150 valence electrons. The van der Waals surface area contributed by atoms with E-state index in [0.717, 1.165) is 29.7 Å². The number of carbonyl (C=O) groups excluding carboxylic acids is 2. The molecule has 3 rings (SSSR count). The van der Waals surface area contributed by atoms with Crippen LogP contribution in [0.1, 0.15) is 21.7 Å². The molecule has 10 heteroatoms. The Morgan fingerprint density at radius 1 is 1.25 bits per heavy atom. The Labute approximate surface area is 167 Å². The molecule has 1 aliphatic rings. The minimum Gasteiger partial charge on any atom is -0.465 e. The summed E-state index contributed by atoms with van der Waals surface area (Å²) >= 11 is 0.992. The number of anilines is 2. The maximum Gasteiger partial charge on any atom is 0.349 e. The van der Waals surface area contributed by atoms with Gasteiger partial charge in [0, 0.05) is 19.3 Å². The zero-order valence-electron chi connectivity index (χ0n) is 15.4. The molecule has 1 aromatic heterocycles. The van der Waals surface area contributed by atoms with E-state index in [1.807, 2.05) is 0 Å². The van der Waals surface area contributed by atoms with Gasteiger partial charge in [-0.15, -0.1) is 11.3 Å². The van der Waals surface area contributed by atoms with Gasteiger partial charge in [-0.3, -0.25) is 9.52 Å². The van der Waals surface area contributed by atoms with Crippen LogP contribution in [0.15, 0.2) is 34.5 Å². The molecule has 8 nitrogen and oxygen atoms in total. The molecule has 0 radical (unpaired) electrons. The minimum absolute atomic E-state index is 0.00450. The molecule has 0 fully saturated rings. The monoisotopic (exact) mass is 424 g/mol. The van der Waals surface area contributed by atoms with Gasteiger partial charge >= 0.3 is 5.97 Å². The van der Waals surface area contributed by atoms with Crippen LogP contribution in [0.3, 0.4) is 0 Å². The maximum absolute atomic E-state index is 12.8. The Morgan fingerprint density at radius 2 is 2.04 bits per heavy atom. The molecular weight excluding hydrogens is 404 g/mol. The van der Waals surface area contributed by atoms with Gasteiger partial charge in [0.15, 0.2) is 0 Å². The van der Waals surface area contributed by atoms with Crippen LogP contribution in [-0.4, -0.2) is 47.7 Å². The van der Waals surface area contributed by atoms with Crippen LogP contribution in [0.4, 0.5) is 11.4 Å². The summed E-state index contributed by atoms with van der Waals surface area (Å²) in [4.78, 5) is 25.6. The van der Waals surface area contributed by atoms with Crippen molar-refractivity contribution >= 4 is 44.6 Å². The number of benzene rings is 1. The number of aryl methyl sites for hydroxylation is 1. The van der Waals surface area contributed by atoms with E-state index in [9.17, 15) is 18.0 Å². The van der Waals surface area contributed by atoms with Gasteiger partial charge in [0.2, 0.25) is 0 Å². The van der Waals surface area contributed by atoms with Gasteiger partial charge in [-0.25, -0.2) is 13.2 Å². The topological polar surface area (TPSA) is 102 Å². The Balaban J connectivity index is 1.92. The lowest BCUT2D eigenvalue weighted by Gasteiger charge is -2.30. The zero-order valence-corrected chi connectivity index (χ0v) is 17.1. The number of esters is 1. The van der Waals surface area contributed by atoms with Crippen LogP contribution >= 0.6 is 11.3 Å². The van der Waals surface area contributed by atoms with E-state index in [0.29, 0.717) is 17.9 Å². The molecule has 2 aromatic rings. The van der Waals surface area contributed by atoms with Crippen molar-refractivity contribution in [3.05, 3.63) is 40.1 Å². The fourth-order valence-corrected chi connectivity index (χ4v) is 5.44. The van der Waals surface area contributed by atoms with E-state index in [1.165, 1.54) is 25.7 Å². The van der Waals surface area contributed by atoms with Crippen LogP contribution in [0, 0.1) is 0 Å². The summed E-state index contributed by atoms with van der Waals surface area (Å²) in [5.41, 5.74) is 1.93. The lowest BCUT2D eigenvalue weighted by Crippen LogP contribution is -2.37. The Hall–Kier alpha value is -2.43. The van der Waals surface area contributed by atoms with E-state index in [4.69, 9.17) is 4.74 Å². The summed E-state index contributed by atoms with van der Waals surface area (Å²) < 4.78 is 37.6. The number of sulfonamides is 1. The highest BCUT2D eigenvalue weighted by Gasteiger charge is 2.26. The summed E-state index contributed by atoms with van der Waals surface area (Å²) in [6.45, 7) is 0.495. The lowest BCUT2D eigenvalue weighted by molar-refractivity contribution is -0.122. The quantitative estimate of drug-likeness (QED) is 0.714. The number of nitrogens with zero attached hydrogens (tertiary/aromatic N) is 1. The fourth-order valence-electron chi connectivity index (χ4n) is 3.06. The van der Waals surface area contributed by atoms with E-state index in [-0.39, 0.29) is 22.3 Å². The third-order valence-electron chi connectivity index (χ3n) is 4.31. The van der Waals surface area contributed by atoms with Crippen LogP contribution in [-0.2, 0) is 30.7 Å². The first kappa shape index (κ1) is 20.3. The Bertz CT molecular complexity index is 999. The van der Waals surface area contributed by atoms with E-state index >= 15 is 0 Å². The summed E-state index contributed by atoms with van der Waals surface area (Å²) in [5.74, 6) is -0.897. The molecule has 0 unspecified atom stereocenters. The van der Waals surface area contributed by atoms with Crippen molar-refractivity contribution in [2.75, 3.05) is 37.0 Å². The number of rotatable bonds is 6. The SMILES string of the molecule is COCC(=O)N1CCCc2ccc(NS(=O)(=O)c3ccsc3C(=O)OC)cc21. The minimum atomic E-state index is -4.00. The third-order valence-corrected chi connectivity index (χ3v) is 6.76. The number of hydrogen-bond donors (Lipinski definition) is 1. The molecule has 1 aliphatic heterocycles. The number of carbonyl (C=O) groups is 2. The van der Waals surface area contributed by atoms with Gasteiger partial charge in [-0.2, -0.15) is 0 Å². The number of ether oxygens (including phenoxy) is 2. The highest BCUT2D eigenvalue weighted by molar-refractivity contribution is 7.93. The van der Waals surface area contributed by atoms with Gasteiger partial charge in [0.05, 0.1) is 12.8 Å². The second kappa shape index (κ2) is 8.29. The van der Waals surface area contributed by atoms with E-state index < -0.39 is 16.0 Å². The van der Waals surface area contributed by atoms with Crippen molar-refractivity contribution in [2.24, 2.45) is 0 Å². The average molecular weight is 425 g/mol. The molecule has 0 saturated carbocycles. The maximum atomic E-state index is 12.8. The highest BCUT2D eigenvalue weighted by Crippen LogP contribution is 2.32. The number of fused-ring (bicyclic) bond motifs is 1. The molecule has 0 bridgehead atoms. The lowest BCUT2D eigenvalue weighted by atomic mass is 10.0. The van der Waals surface area contributed by atoms with Crippen LogP contribution in [0.5, 0.6) is 0 Å². The predicted molar refractivity (Wildman–Crippen MR) is 105 cm³/mol. The molecular formula is C18H20N2O6S2. The number of thiophene rings is 1. The number of amides is 1. The van der Waals surface area contributed by atoms with Crippen molar-refractivity contribution in [2.45, 2.75) is 17.7 Å². The molecule has 1 amide bonds. The zero-order chi connectivity index (χ0) is 20.3. The number of nitrogens with one attached hydrogen (secondary N) is 1. The molecule has 2 heterocycles. The smallest absolute Gasteiger partial charge is 0.349 e. The van der Waals surface area contributed by atoms with Crippen LogP contribution in [0.2, 0.25) is 0 Å². The van der Waals surface area contributed by atoms with Gasteiger partial charge in [-0.05, 0) is 42.0 Å². The number of hydrogen-bond acceptors (Lipinski definition) is 7. The average Bonchev–Trinajstić information content (AvgIpc) is 3.17. The van der Waals surface area contributed by atoms with Gasteiger partial charge in [-0.1, -0.05) is 6.07 Å². The van der Waals surface area contributed by atoms with E-state index in [2.05, 4.69) is 9.46 Å². The fraction of sp³-hybridized carbons (Fsp3) is 0.333. The van der Waals surface area contributed by atoms with Crippen molar-refractivity contribution < 1.29 is 27.5 Å². The summed E-state index contributed by atoms with van der Waals surface area (Å²) in [6, 6.07) is 6.43. The Kier molecular flexibility index (Phi) is 6.01. The summed E-state index contributed by atoms with van der Waals surface area (Å²) in [5, 5.41) is 1.51. The van der Waals surface area contributed by atoms with Crippen LogP contribution in [0.25, 0.3) is 0 Å². The molecule has 28 heavy (non-hydrogen) atoms. The normalized spacial score (nSPS) is 13.7. The first-order valence-corrected chi connectivity index (χ1v) is 10.8. The molecule has 0 spiro atoms.